The van der Waals surface area contributed by atoms with Crippen molar-refractivity contribution in [3.63, 3.8) is 0 Å². The number of para-hydroxylation sites is 1. The van der Waals surface area contributed by atoms with Gasteiger partial charge in [0.15, 0.2) is 5.78 Å². The summed E-state index contributed by atoms with van der Waals surface area (Å²) in [5.41, 5.74) is 2.77. The number of nitrogens with zero attached hydrogens (tertiary/aromatic N) is 2. The highest BCUT2D eigenvalue weighted by Gasteiger charge is 2.14. The number of aryl methyl sites for hydroxylation is 2. The Labute approximate surface area is 120 Å². The molecule has 0 saturated carbocycles. The van der Waals surface area contributed by atoms with Crippen molar-refractivity contribution < 1.29 is 4.79 Å². The molecule has 1 heterocycles. The number of benzene rings is 1. The van der Waals surface area contributed by atoms with Crippen LogP contribution >= 0.6 is 15.9 Å². The monoisotopic (exact) mass is 321 g/mol. The lowest BCUT2D eigenvalue weighted by Crippen LogP contribution is -2.17. The van der Waals surface area contributed by atoms with Gasteiger partial charge in [0.1, 0.15) is 0 Å². The first-order valence-electron chi connectivity index (χ1n) is 6.06. The zero-order chi connectivity index (χ0) is 13.8. The van der Waals surface area contributed by atoms with Crippen molar-refractivity contribution in [3.8, 4) is 0 Å². The number of carbonyl (C=O) groups is 1. The third kappa shape index (κ3) is 3.44. The van der Waals surface area contributed by atoms with Crippen LogP contribution in [0.1, 0.15) is 11.4 Å². The maximum atomic E-state index is 12.0. The number of rotatable bonds is 5. The molecule has 0 fully saturated rings. The van der Waals surface area contributed by atoms with E-state index in [9.17, 15) is 4.79 Å². The van der Waals surface area contributed by atoms with Crippen LogP contribution in [0.15, 0.2) is 34.8 Å². The molecule has 0 aliphatic heterocycles. The van der Waals surface area contributed by atoms with Crippen molar-refractivity contribution in [3.05, 3.63) is 46.2 Å². The minimum absolute atomic E-state index is 0.132. The van der Waals surface area contributed by atoms with Gasteiger partial charge in [0, 0.05) is 12.7 Å². The van der Waals surface area contributed by atoms with E-state index in [1.54, 1.807) is 4.68 Å². The number of carbonyl (C=O) groups excluding carboxylic acids is 1. The molecule has 0 saturated heterocycles. The molecular formula is C14H16BrN3O. The number of hydrogen-bond acceptors (Lipinski definition) is 3. The van der Waals surface area contributed by atoms with Crippen LogP contribution < -0.4 is 5.32 Å². The van der Waals surface area contributed by atoms with E-state index in [1.165, 1.54) is 0 Å². The summed E-state index contributed by atoms with van der Waals surface area (Å²) in [6.07, 6.45) is 0.373. The number of halogens is 1. The highest BCUT2D eigenvalue weighted by molar-refractivity contribution is 9.10. The largest absolute Gasteiger partial charge is 0.378 e. The first-order valence-corrected chi connectivity index (χ1v) is 6.86. The molecular weight excluding hydrogens is 306 g/mol. The molecule has 5 heteroatoms. The van der Waals surface area contributed by atoms with Crippen LogP contribution in [0, 0.1) is 6.92 Å². The summed E-state index contributed by atoms with van der Waals surface area (Å²) in [5, 5.41) is 7.39. The number of ketones is 1. The third-order valence-corrected chi connectivity index (χ3v) is 3.92. The van der Waals surface area contributed by atoms with Gasteiger partial charge < -0.3 is 5.32 Å². The summed E-state index contributed by atoms with van der Waals surface area (Å²) in [4.78, 5) is 12.0. The third-order valence-electron chi connectivity index (χ3n) is 2.89. The van der Waals surface area contributed by atoms with E-state index in [-0.39, 0.29) is 5.78 Å². The standard InChI is InChI=1S/C14H16BrN3O/c1-10-14(15)13(18(2)17-10)8-12(19)9-16-11-6-4-3-5-7-11/h3-7,16H,8-9H2,1-2H3. The molecule has 19 heavy (non-hydrogen) atoms. The van der Waals surface area contributed by atoms with Gasteiger partial charge in [-0.1, -0.05) is 18.2 Å². The van der Waals surface area contributed by atoms with E-state index >= 15 is 0 Å². The number of anilines is 1. The zero-order valence-corrected chi connectivity index (χ0v) is 12.6. The Bertz CT molecular complexity index is 578. The quantitative estimate of drug-likeness (QED) is 0.921. The first kappa shape index (κ1) is 13.8. The molecule has 0 spiro atoms. The Balaban J connectivity index is 1.95. The van der Waals surface area contributed by atoms with Gasteiger partial charge in [0.05, 0.1) is 28.8 Å². The molecule has 4 nitrogen and oxygen atoms in total. The molecule has 1 N–H and O–H groups in total. The van der Waals surface area contributed by atoms with Crippen molar-refractivity contribution in [2.45, 2.75) is 13.3 Å². The number of hydrogen-bond donors (Lipinski definition) is 1. The second-order valence-corrected chi connectivity index (χ2v) is 5.20. The number of nitrogens with one attached hydrogen (secondary N) is 1. The van der Waals surface area contributed by atoms with Crippen LogP contribution in [0.4, 0.5) is 5.69 Å². The predicted molar refractivity (Wildman–Crippen MR) is 79.3 cm³/mol. The van der Waals surface area contributed by atoms with Gasteiger partial charge in [-0.3, -0.25) is 9.48 Å². The lowest BCUT2D eigenvalue weighted by atomic mass is 10.2. The average molecular weight is 322 g/mol. The summed E-state index contributed by atoms with van der Waals surface area (Å²) in [7, 11) is 1.85. The Hall–Kier alpha value is -1.62. The van der Waals surface area contributed by atoms with Gasteiger partial charge in [-0.05, 0) is 35.0 Å². The van der Waals surface area contributed by atoms with Crippen LogP contribution in [0.3, 0.4) is 0 Å². The molecule has 0 atom stereocenters. The van der Waals surface area contributed by atoms with Crippen LogP contribution in [0.5, 0.6) is 0 Å². The predicted octanol–water partition coefficient (Wildman–Crippen LogP) is 2.71. The highest BCUT2D eigenvalue weighted by Crippen LogP contribution is 2.20. The maximum Gasteiger partial charge on any atom is 0.157 e. The molecule has 0 aliphatic carbocycles. The van der Waals surface area contributed by atoms with Crippen LogP contribution in [-0.4, -0.2) is 22.1 Å². The molecule has 0 aliphatic rings. The second kappa shape index (κ2) is 6.02. The molecule has 1 aromatic carbocycles. The number of Topliss-reactive ketones (excluding diaryl/α,β-unsaturated/α-hetero) is 1. The van der Waals surface area contributed by atoms with Gasteiger partial charge in [0.2, 0.25) is 0 Å². The maximum absolute atomic E-state index is 12.0. The molecule has 0 amide bonds. The Morgan fingerprint density at radius 3 is 2.63 bits per heavy atom. The van der Waals surface area contributed by atoms with E-state index in [2.05, 4.69) is 26.3 Å². The normalized spacial score (nSPS) is 10.5. The second-order valence-electron chi connectivity index (χ2n) is 4.40. The fourth-order valence-electron chi connectivity index (χ4n) is 1.88. The van der Waals surface area contributed by atoms with Crippen molar-refractivity contribution in [2.24, 2.45) is 7.05 Å². The van der Waals surface area contributed by atoms with Crippen molar-refractivity contribution >= 4 is 27.4 Å². The summed E-state index contributed by atoms with van der Waals surface area (Å²) in [6.45, 7) is 2.24. The molecule has 0 unspecified atom stereocenters. The number of aromatic nitrogens is 2. The van der Waals surface area contributed by atoms with Crippen LogP contribution in [-0.2, 0) is 18.3 Å². The van der Waals surface area contributed by atoms with Gasteiger partial charge in [-0.25, -0.2) is 0 Å². The summed E-state index contributed by atoms with van der Waals surface area (Å²) >= 11 is 3.47. The van der Waals surface area contributed by atoms with Crippen LogP contribution in [0.2, 0.25) is 0 Å². The topological polar surface area (TPSA) is 46.9 Å². The lowest BCUT2D eigenvalue weighted by Gasteiger charge is -2.06. The minimum Gasteiger partial charge on any atom is -0.378 e. The van der Waals surface area contributed by atoms with Crippen molar-refractivity contribution in [1.29, 1.82) is 0 Å². The van der Waals surface area contributed by atoms with E-state index in [0.717, 1.165) is 21.5 Å². The van der Waals surface area contributed by atoms with Crippen LogP contribution in [0.25, 0.3) is 0 Å². The molecule has 0 bridgehead atoms. The van der Waals surface area contributed by atoms with Gasteiger partial charge in [0.25, 0.3) is 0 Å². The van der Waals surface area contributed by atoms with Gasteiger partial charge >= 0.3 is 0 Å². The summed E-state index contributed by atoms with van der Waals surface area (Å²) in [5.74, 6) is 0.132. The molecule has 2 aromatic rings. The fourth-order valence-corrected chi connectivity index (χ4v) is 2.35. The summed E-state index contributed by atoms with van der Waals surface area (Å²) in [6, 6.07) is 9.71. The van der Waals surface area contributed by atoms with Gasteiger partial charge in [-0.15, -0.1) is 0 Å². The Morgan fingerprint density at radius 2 is 2.05 bits per heavy atom. The fraction of sp³-hybridized carbons (Fsp3) is 0.286. The Morgan fingerprint density at radius 1 is 1.37 bits per heavy atom. The molecule has 2 rings (SSSR count). The zero-order valence-electron chi connectivity index (χ0n) is 11.0. The lowest BCUT2D eigenvalue weighted by molar-refractivity contribution is -0.116. The van der Waals surface area contributed by atoms with Gasteiger partial charge in [-0.2, -0.15) is 5.10 Å². The van der Waals surface area contributed by atoms with Crippen molar-refractivity contribution in [2.75, 3.05) is 11.9 Å². The molecule has 0 radical (unpaired) electrons. The molecule has 1 aromatic heterocycles. The molecule has 100 valence electrons. The van der Waals surface area contributed by atoms with E-state index in [0.29, 0.717) is 13.0 Å². The first-order chi connectivity index (χ1) is 9.08. The summed E-state index contributed by atoms with van der Waals surface area (Å²) < 4.78 is 2.67. The van der Waals surface area contributed by atoms with E-state index < -0.39 is 0 Å². The van der Waals surface area contributed by atoms with E-state index in [4.69, 9.17) is 0 Å². The highest BCUT2D eigenvalue weighted by atomic mass is 79.9. The average Bonchev–Trinajstić information content (AvgIpc) is 2.64. The SMILES string of the molecule is Cc1nn(C)c(CC(=O)CNc2ccccc2)c1Br. The van der Waals surface area contributed by atoms with Crippen molar-refractivity contribution in [1.82, 2.24) is 9.78 Å². The smallest absolute Gasteiger partial charge is 0.157 e. The minimum atomic E-state index is 0.132. The Kier molecular flexibility index (Phi) is 4.37. The van der Waals surface area contributed by atoms with E-state index in [1.807, 2.05) is 44.3 Å².